The zero-order chi connectivity index (χ0) is 21.6. The molecular formula is C25H24ClN3O2. The van der Waals surface area contributed by atoms with Gasteiger partial charge in [0.25, 0.3) is 5.91 Å². The van der Waals surface area contributed by atoms with Gasteiger partial charge in [0.15, 0.2) is 6.61 Å². The molecule has 0 bridgehead atoms. The molecule has 5 nitrogen and oxygen atoms in total. The minimum absolute atomic E-state index is 0.0432. The molecule has 1 heterocycles. The maximum atomic E-state index is 12.2. The molecule has 0 aliphatic carbocycles. The van der Waals surface area contributed by atoms with Gasteiger partial charge in [-0.25, -0.2) is 4.98 Å². The number of para-hydroxylation sites is 2. The largest absolute Gasteiger partial charge is 0.484 e. The average molecular weight is 434 g/mol. The second-order valence-electron chi connectivity index (χ2n) is 7.32. The van der Waals surface area contributed by atoms with E-state index < -0.39 is 0 Å². The third-order valence-electron chi connectivity index (χ3n) is 5.19. The Morgan fingerprint density at radius 3 is 2.52 bits per heavy atom. The summed E-state index contributed by atoms with van der Waals surface area (Å²) in [4.78, 5) is 17.0. The quantitative estimate of drug-likeness (QED) is 0.423. The van der Waals surface area contributed by atoms with Crippen molar-refractivity contribution in [1.82, 2.24) is 14.9 Å². The summed E-state index contributed by atoms with van der Waals surface area (Å²) in [6, 6.07) is 25.6. The van der Waals surface area contributed by atoms with Gasteiger partial charge in [-0.15, -0.1) is 0 Å². The number of ether oxygens (including phenoxy) is 1. The third-order valence-corrected chi connectivity index (χ3v) is 5.44. The molecule has 0 fully saturated rings. The minimum Gasteiger partial charge on any atom is -0.484 e. The number of rotatable bonds is 8. The van der Waals surface area contributed by atoms with Crippen molar-refractivity contribution in [3.63, 3.8) is 0 Å². The molecule has 0 aliphatic heterocycles. The number of nitrogens with zero attached hydrogens (tertiary/aromatic N) is 2. The lowest BCUT2D eigenvalue weighted by atomic mass is 10.1. The molecule has 1 atom stereocenters. The SMILES string of the molecule is CC(c1ccccc1)n1c(CCNC(=O)COc2ccc(Cl)cc2)nc2ccccc21. The molecule has 0 saturated heterocycles. The van der Waals surface area contributed by atoms with Crippen LogP contribution in [0.3, 0.4) is 0 Å². The van der Waals surface area contributed by atoms with Gasteiger partial charge in [0, 0.05) is 18.0 Å². The summed E-state index contributed by atoms with van der Waals surface area (Å²) < 4.78 is 7.75. The smallest absolute Gasteiger partial charge is 0.257 e. The Balaban J connectivity index is 1.42. The van der Waals surface area contributed by atoms with Gasteiger partial charge in [-0.3, -0.25) is 4.79 Å². The van der Waals surface area contributed by atoms with Gasteiger partial charge in [-0.05, 0) is 48.9 Å². The fraction of sp³-hybridized carbons (Fsp3) is 0.200. The topological polar surface area (TPSA) is 56.2 Å². The van der Waals surface area contributed by atoms with Crippen molar-refractivity contribution in [3.05, 3.63) is 95.3 Å². The van der Waals surface area contributed by atoms with Crippen molar-refractivity contribution < 1.29 is 9.53 Å². The molecule has 1 N–H and O–H groups in total. The Kier molecular flexibility index (Phi) is 6.53. The number of aromatic nitrogens is 2. The molecule has 1 unspecified atom stereocenters. The van der Waals surface area contributed by atoms with Gasteiger partial charge in [-0.2, -0.15) is 0 Å². The zero-order valence-electron chi connectivity index (χ0n) is 17.3. The molecule has 0 radical (unpaired) electrons. The number of carbonyl (C=O) groups is 1. The lowest BCUT2D eigenvalue weighted by Gasteiger charge is -2.18. The number of benzene rings is 3. The molecular weight excluding hydrogens is 410 g/mol. The fourth-order valence-electron chi connectivity index (χ4n) is 3.63. The monoisotopic (exact) mass is 433 g/mol. The summed E-state index contributed by atoms with van der Waals surface area (Å²) in [6.07, 6.45) is 0.624. The molecule has 1 amide bonds. The highest BCUT2D eigenvalue weighted by Gasteiger charge is 2.17. The number of amides is 1. The van der Waals surface area contributed by atoms with Crippen molar-refractivity contribution in [3.8, 4) is 5.75 Å². The highest BCUT2D eigenvalue weighted by atomic mass is 35.5. The van der Waals surface area contributed by atoms with Gasteiger partial charge in [0.05, 0.1) is 17.1 Å². The van der Waals surface area contributed by atoms with Crippen LogP contribution in [0.4, 0.5) is 0 Å². The van der Waals surface area contributed by atoms with E-state index >= 15 is 0 Å². The van der Waals surface area contributed by atoms with Crippen molar-refractivity contribution in [2.45, 2.75) is 19.4 Å². The molecule has 1 aromatic heterocycles. The molecule has 4 aromatic rings. The summed E-state index contributed by atoms with van der Waals surface area (Å²) in [5.74, 6) is 1.38. The lowest BCUT2D eigenvalue weighted by Crippen LogP contribution is -2.31. The van der Waals surface area contributed by atoms with Crippen LogP contribution >= 0.6 is 11.6 Å². The van der Waals surface area contributed by atoms with E-state index in [1.54, 1.807) is 24.3 Å². The molecule has 0 saturated carbocycles. The van der Waals surface area contributed by atoms with Crippen molar-refractivity contribution >= 4 is 28.5 Å². The Morgan fingerprint density at radius 2 is 1.74 bits per heavy atom. The molecule has 158 valence electrons. The Labute approximate surface area is 186 Å². The van der Waals surface area contributed by atoms with E-state index in [4.69, 9.17) is 21.3 Å². The van der Waals surface area contributed by atoms with Crippen LogP contribution in [0.1, 0.15) is 24.4 Å². The first kappa shape index (κ1) is 20.9. The third kappa shape index (κ3) is 5.06. The summed E-state index contributed by atoms with van der Waals surface area (Å²) in [5.41, 5.74) is 3.26. The van der Waals surface area contributed by atoms with Crippen LogP contribution in [0.25, 0.3) is 11.0 Å². The van der Waals surface area contributed by atoms with Crippen molar-refractivity contribution in [2.75, 3.05) is 13.2 Å². The van der Waals surface area contributed by atoms with Gasteiger partial charge in [0.1, 0.15) is 11.6 Å². The van der Waals surface area contributed by atoms with Gasteiger partial charge >= 0.3 is 0 Å². The maximum Gasteiger partial charge on any atom is 0.257 e. The van der Waals surface area contributed by atoms with Gasteiger partial charge in [0.2, 0.25) is 0 Å². The maximum absolute atomic E-state index is 12.2. The number of fused-ring (bicyclic) bond motifs is 1. The zero-order valence-corrected chi connectivity index (χ0v) is 18.0. The Bertz CT molecular complexity index is 1160. The molecule has 0 aliphatic rings. The first-order valence-corrected chi connectivity index (χ1v) is 10.7. The van der Waals surface area contributed by atoms with E-state index in [0.29, 0.717) is 23.7 Å². The number of hydrogen-bond donors (Lipinski definition) is 1. The summed E-state index contributed by atoms with van der Waals surface area (Å²) in [7, 11) is 0. The summed E-state index contributed by atoms with van der Waals surface area (Å²) >= 11 is 5.86. The van der Waals surface area contributed by atoms with Crippen LogP contribution in [0.15, 0.2) is 78.9 Å². The standard InChI is InChI=1S/C25H24ClN3O2/c1-18(19-7-3-2-4-8-19)29-23-10-6-5-9-22(23)28-24(29)15-16-27-25(30)17-31-21-13-11-20(26)12-14-21/h2-14,18H,15-17H2,1H3,(H,27,30). The predicted molar refractivity (Wildman–Crippen MR) is 124 cm³/mol. The number of halogens is 1. The van der Waals surface area contributed by atoms with E-state index in [1.807, 2.05) is 36.4 Å². The van der Waals surface area contributed by atoms with E-state index in [0.717, 1.165) is 16.9 Å². The fourth-order valence-corrected chi connectivity index (χ4v) is 3.75. The number of carbonyl (C=O) groups excluding carboxylic acids is 1. The highest BCUT2D eigenvalue weighted by molar-refractivity contribution is 6.30. The molecule has 6 heteroatoms. The normalized spacial score (nSPS) is 11.9. The highest BCUT2D eigenvalue weighted by Crippen LogP contribution is 2.26. The minimum atomic E-state index is -0.172. The van der Waals surface area contributed by atoms with E-state index in [2.05, 4.69) is 35.0 Å². The van der Waals surface area contributed by atoms with Crippen molar-refractivity contribution in [2.24, 2.45) is 0 Å². The van der Waals surface area contributed by atoms with Crippen LogP contribution in [0.5, 0.6) is 5.75 Å². The number of imidazole rings is 1. The van der Waals surface area contributed by atoms with E-state index in [-0.39, 0.29) is 18.6 Å². The molecule has 0 spiro atoms. The van der Waals surface area contributed by atoms with Gasteiger partial charge < -0.3 is 14.6 Å². The van der Waals surface area contributed by atoms with Crippen LogP contribution in [-0.2, 0) is 11.2 Å². The summed E-state index contributed by atoms with van der Waals surface area (Å²) in [6.45, 7) is 2.61. The second-order valence-corrected chi connectivity index (χ2v) is 7.75. The van der Waals surface area contributed by atoms with E-state index in [1.165, 1.54) is 5.56 Å². The van der Waals surface area contributed by atoms with Crippen LogP contribution in [-0.4, -0.2) is 28.6 Å². The molecule has 3 aromatic carbocycles. The predicted octanol–water partition coefficient (Wildman–Crippen LogP) is 5.04. The number of hydrogen-bond acceptors (Lipinski definition) is 3. The van der Waals surface area contributed by atoms with E-state index in [9.17, 15) is 4.79 Å². The first-order valence-electron chi connectivity index (χ1n) is 10.3. The Morgan fingerprint density at radius 1 is 1.03 bits per heavy atom. The first-order chi connectivity index (χ1) is 15.1. The summed E-state index contributed by atoms with van der Waals surface area (Å²) in [5, 5.41) is 3.55. The number of nitrogens with one attached hydrogen (secondary N) is 1. The Hall–Kier alpha value is -3.31. The van der Waals surface area contributed by atoms with Gasteiger partial charge in [-0.1, -0.05) is 54.1 Å². The van der Waals surface area contributed by atoms with Crippen molar-refractivity contribution in [1.29, 1.82) is 0 Å². The average Bonchev–Trinajstić information content (AvgIpc) is 3.17. The second kappa shape index (κ2) is 9.67. The van der Waals surface area contributed by atoms with Crippen LogP contribution in [0.2, 0.25) is 5.02 Å². The van der Waals surface area contributed by atoms with Crippen LogP contribution < -0.4 is 10.1 Å². The lowest BCUT2D eigenvalue weighted by molar-refractivity contribution is -0.123. The molecule has 4 rings (SSSR count). The van der Waals surface area contributed by atoms with Crippen LogP contribution in [0, 0.1) is 0 Å². The molecule has 31 heavy (non-hydrogen) atoms.